The van der Waals surface area contributed by atoms with Crippen LogP contribution in [0.15, 0.2) is 18.2 Å². The standard InChI is InChI=1S/C16H22ClNO4/c1-10(2)7-13(16(20)22-4)18-15(19)8-11-5-6-12(17)9-14(11)21-3/h5-6,9-10,13H,7-8H2,1-4H3,(H,18,19)/t13-/m0/s1. The smallest absolute Gasteiger partial charge is 0.328 e. The fourth-order valence-corrected chi connectivity index (χ4v) is 2.27. The average Bonchev–Trinajstić information content (AvgIpc) is 2.47. The predicted molar refractivity (Wildman–Crippen MR) is 85.1 cm³/mol. The van der Waals surface area contributed by atoms with Gasteiger partial charge < -0.3 is 14.8 Å². The van der Waals surface area contributed by atoms with Gasteiger partial charge in [-0.25, -0.2) is 4.79 Å². The number of rotatable bonds is 7. The zero-order valence-electron chi connectivity index (χ0n) is 13.3. The predicted octanol–water partition coefficient (Wildman–Crippen LogP) is 2.60. The van der Waals surface area contributed by atoms with Gasteiger partial charge in [0.2, 0.25) is 5.91 Å². The molecule has 5 nitrogen and oxygen atoms in total. The highest BCUT2D eigenvalue weighted by atomic mass is 35.5. The van der Waals surface area contributed by atoms with Crippen LogP contribution in [0.1, 0.15) is 25.8 Å². The molecule has 6 heteroatoms. The summed E-state index contributed by atoms with van der Waals surface area (Å²) < 4.78 is 9.94. The van der Waals surface area contributed by atoms with Gasteiger partial charge in [-0.15, -0.1) is 0 Å². The highest BCUT2D eigenvalue weighted by molar-refractivity contribution is 6.30. The van der Waals surface area contributed by atoms with Gasteiger partial charge in [-0.2, -0.15) is 0 Å². The number of carbonyl (C=O) groups excluding carboxylic acids is 2. The highest BCUT2D eigenvalue weighted by Crippen LogP contribution is 2.23. The molecule has 0 aliphatic heterocycles. The third-order valence-corrected chi connectivity index (χ3v) is 3.36. The van der Waals surface area contributed by atoms with Gasteiger partial charge in [0, 0.05) is 10.6 Å². The maximum absolute atomic E-state index is 12.2. The summed E-state index contributed by atoms with van der Waals surface area (Å²) in [5, 5.41) is 3.25. The van der Waals surface area contributed by atoms with Crippen molar-refractivity contribution in [2.24, 2.45) is 5.92 Å². The van der Waals surface area contributed by atoms with Crippen LogP contribution in [0, 0.1) is 5.92 Å². The minimum Gasteiger partial charge on any atom is -0.496 e. The van der Waals surface area contributed by atoms with Crippen LogP contribution in [-0.4, -0.2) is 32.1 Å². The third-order valence-electron chi connectivity index (χ3n) is 3.13. The first kappa shape index (κ1) is 18.3. The molecular weight excluding hydrogens is 306 g/mol. The Bertz CT molecular complexity index is 531. The number of esters is 1. The van der Waals surface area contributed by atoms with Crippen molar-refractivity contribution in [1.82, 2.24) is 5.32 Å². The van der Waals surface area contributed by atoms with Gasteiger partial charge in [-0.05, 0) is 24.5 Å². The van der Waals surface area contributed by atoms with E-state index in [9.17, 15) is 9.59 Å². The number of nitrogens with one attached hydrogen (secondary N) is 1. The Kier molecular flexibility index (Phi) is 7.18. The van der Waals surface area contributed by atoms with Crippen molar-refractivity contribution in [2.75, 3.05) is 14.2 Å². The molecule has 0 radical (unpaired) electrons. The minimum absolute atomic E-state index is 0.103. The van der Waals surface area contributed by atoms with Crippen molar-refractivity contribution < 1.29 is 19.1 Å². The van der Waals surface area contributed by atoms with Crippen LogP contribution in [0.5, 0.6) is 5.75 Å². The molecule has 0 spiro atoms. The quantitative estimate of drug-likeness (QED) is 0.782. The fraction of sp³-hybridized carbons (Fsp3) is 0.500. The summed E-state index contributed by atoms with van der Waals surface area (Å²) in [4.78, 5) is 23.9. The first-order valence-corrected chi connectivity index (χ1v) is 7.44. The molecule has 1 aromatic carbocycles. The fourth-order valence-electron chi connectivity index (χ4n) is 2.11. The second kappa shape index (κ2) is 8.63. The summed E-state index contributed by atoms with van der Waals surface area (Å²) in [7, 11) is 2.83. The number of methoxy groups -OCH3 is 2. The van der Waals surface area contributed by atoms with E-state index in [2.05, 4.69) is 5.32 Å². The molecule has 0 aliphatic rings. The molecule has 1 amide bonds. The van der Waals surface area contributed by atoms with Crippen LogP contribution in [0.2, 0.25) is 5.02 Å². The van der Waals surface area contributed by atoms with E-state index in [1.807, 2.05) is 13.8 Å². The van der Waals surface area contributed by atoms with Crippen molar-refractivity contribution in [1.29, 1.82) is 0 Å². The van der Waals surface area contributed by atoms with Gasteiger partial charge in [0.05, 0.1) is 20.6 Å². The molecule has 0 aliphatic carbocycles. The second-order valence-corrected chi connectivity index (χ2v) is 5.84. The van der Waals surface area contributed by atoms with E-state index in [1.165, 1.54) is 14.2 Å². The number of benzene rings is 1. The Hall–Kier alpha value is -1.75. The van der Waals surface area contributed by atoms with Crippen molar-refractivity contribution in [3.8, 4) is 5.75 Å². The van der Waals surface area contributed by atoms with Gasteiger partial charge in [-0.3, -0.25) is 4.79 Å². The lowest BCUT2D eigenvalue weighted by molar-refractivity contribution is -0.145. The van der Waals surface area contributed by atoms with Crippen LogP contribution < -0.4 is 10.1 Å². The second-order valence-electron chi connectivity index (χ2n) is 5.41. The lowest BCUT2D eigenvalue weighted by atomic mass is 10.0. The van der Waals surface area contributed by atoms with Crippen LogP contribution in [0.3, 0.4) is 0 Å². The van der Waals surface area contributed by atoms with E-state index < -0.39 is 12.0 Å². The molecule has 1 rings (SSSR count). The first-order chi connectivity index (χ1) is 10.4. The SMILES string of the molecule is COC(=O)[C@H](CC(C)C)NC(=O)Cc1ccc(Cl)cc1OC. The van der Waals surface area contributed by atoms with E-state index in [0.29, 0.717) is 22.8 Å². The maximum Gasteiger partial charge on any atom is 0.328 e. The van der Waals surface area contributed by atoms with E-state index >= 15 is 0 Å². The molecule has 0 fully saturated rings. The van der Waals surface area contributed by atoms with Gasteiger partial charge >= 0.3 is 5.97 Å². The Balaban J connectivity index is 2.77. The van der Waals surface area contributed by atoms with Crippen LogP contribution in [-0.2, 0) is 20.7 Å². The first-order valence-electron chi connectivity index (χ1n) is 7.07. The average molecular weight is 328 g/mol. The van der Waals surface area contributed by atoms with E-state index in [-0.39, 0.29) is 18.2 Å². The Morgan fingerprint density at radius 3 is 2.50 bits per heavy atom. The Labute approximate surface area is 135 Å². The lowest BCUT2D eigenvalue weighted by Crippen LogP contribution is -2.43. The van der Waals surface area contributed by atoms with Gasteiger partial charge in [-0.1, -0.05) is 31.5 Å². The van der Waals surface area contributed by atoms with Crippen LogP contribution in [0.25, 0.3) is 0 Å². The molecule has 0 bridgehead atoms. The zero-order chi connectivity index (χ0) is 16.7. The van der Waals surface area contributed by atoms with E-state index in [0.717, 1.165) is 0 Å². The maximum atomic E-state index is 12.2. The minimum atomic E-state index is -0.643. The number of halogens is 1. The normalized spacial score (nSPS) is 11.9. The van der Waals surface area contributed by atoms with Gasteiger partial charge in [0.1, 0.15) is 11.8 Å². The molecule has 0 heterocycles. The summed E-state index contributed by atoms with van der Waals surface area (Å²) in [5.41, 5.74) is 0.706. The summed E-state index contributed by atoms with van der Waals surface area (Å²) in [6.45, 7) is 3.95. The molecule has 0 unspecified atom stereocenters. The van der Waals surface area contributed by atoms with Crippen molar-refractivity contribution >= 4 is 23.5 Å². The van der Waals surface area contributed by atoms with Crippen molar-refractivity contribution in [3.05, 3.63) is 28.8 Å². The van der Waals surface area contributed by atoms with Gasteiger partial charge in [0.25, 0.3) is 0 Å². The molecule has 1 atom stereocenters. The summed E-state index contributed by atoms with van der Waals surface area (Å²) in [5.74, 6) is 0.0948. The highest BCUT2D eigenvalue weighted by Gasteiger charge is 2.23. The number of hydrogen-bond acceptors (Lipinski definition) is 4. The molecule has 0 saturated heterocycles. The zero-order valence-corrected chi connectivity index (χ0v) is 14.1. The molecule has 22 heavy (non-hydrogen) atoms. The topological polar surface area (TPSA) is 64.6 Å². The summed E-state index contributed by atoms with van der Waals surface area (Å²) >= 11 is 5.89. The molecule has 1 N–H and O–H groups in total. The summed E-state index contributed by atoms with van der Waals surface area (Å²) in [6.07, 6.45) is 0.627. The molecule has 0 aromatic heterocycles. The van der Waals surface area contributed by atoms with Crippen molar-refractivity contribution in [2.45, 2.75) is 32.7 Å². The van der Waals surface area contributed by atoms with Crippen LogP contribution >= 0.6 is 11.6 Å². The lowest BCUT2D eigenvalue weighted by Gasteiger charge is -2.18. The van der Waals surface area contributed by atoms with E-state index in [4.69, 9.17) is 21.1 Å². The summed E-state index contributed by atoms with van der Waals surface area (Å²) in [6, 6.07) is 4.43. The number of hydrogen-bond donors (Lipinski definition) is 1. The monoisotopic (exact) mass is 327 g/mol. The van der Waals surface area contributed by atoms with Crippen molar-refractivity contribution in [3.63, 3.8) is 0 Å². The van der Waals surface area contributed by atoms with Crippen LogP contribution in [0.4, 0.5) is 0 Å². The van der Waals surface area contributed by atoms with E-state index in [1.54, 1.807) is 18.2 Å². The van der Waals surface area contributed by atoms with Gasteiger partial charge in [0.15, 0.2) is 0 Å². The Morgan fingerprint density at radius 1 is 1.27 bits per heavy atom. The Morgan fingerprint density at radius 2 is 1.95 bits per heavy atom. The largest absolute Gasteiger partial charge is 0.496 e. The molecule has 122 valence electrons. The molecule has 1 aromatic rings. The third kappa shape index (κ3) is 5.56. The molecular formula is C16H22ClNO4. The number of carbonyl (C=O) groups is 2. The number of amides is 1. The number of ether oxygens (including phenoxy) is 2. The molecule has 0 saturated carbocycles.